The first kappa shape index (κ1) is 17.2. The van der Waals surface area contributed by atoms with Gasteiger partial charge < -0.3 is 14.6 Å². The molecule has 1 heterocycles. The van der Waals surface area contributed by atoms with Gasteiger partial charge in [-0.1, -0.05) is 6.07 Å². The zero-order chi connectivity index (χ0) is 18.4. The van der Waals surface area contributed by atoms with Crippen LogP contribution in [-0.4, -0.2) is 27.0 Å². The lowest BCUT2D eigenvalue weighted by Crippen LogP contribution is -2.12. The lowest BCUT2D eigenvalue weighted by Gasteiger charge is -2.09. The number of non-ortho nitro benzene ring substituents is 1. The number of hydrogen-bond donors (Lipinski definition) is 1. The number of ether oxygens (including phenoxy) is 1. The molecule has 0 saturated carbocycles. The molecule has 132 valence electrons. The molecule has 0 aliphatic rings. The zero-order valence-electron chi connectivity index (χ0n) is 13.7. The number of nitrogens with zero attached hydrogens (tertiary/aromatic N) is 3. The van der Waals surface area contributed by atoms with Gasteiger partial charge in [0.1, 0.15) is 12.4 Å². The highest BCUT2D eigenvalue weighted by Gasteiger charge is 2.10. The minimum atomic E-state index is -0.508. The van der Waals surface area contributed by atoms with Crippen molar-refractivity contribution in [1.29, 1.82) is 0 Å². The molecule has 26 heavy (non-hydrogen) atoms. The van der Waals surface area contributed by atoms with Gasteiger partial charge in [0, 0.05) is 41.8 Å². The van der Waals surface area contributed by atoms with Crippen LogP contribution in [0.4, 0.5) is 11.4 Å². The molecule has 0 spiro atoms. The van der Waals surface area contributed by atoms with Crippen LogP contribution in [0.3, 0.4) is 0 Å². The van der Waals surface area contributed by atoms with Crippen LogP contribution in [0.1, 0.15) is 10.4 Å². The molecule has 8 heteroatoms. The average molecular weight is 352 g/mol. The van der Waals surface area contributed by atoms with E-state index in [1.165, 1.54) is 24.3 Å². The second kappa shape index (κ2) is 7.93. The van der Waals surface area contributed by atoms with E-state index in [-0.39, 0.29) is 11.6 Å². The van der Waals surface area contributed by atoms with Crippen LogP contribution >= 0.6 is 0 Å². The summed E-state index contributed by atoms with van der Waals surface area (Å²) in [4.78, 5) is 26.4. The van der Waals surface area contributed by atoms with Gasteiger partial charge in [0.25, 0.3) is 11.6 Å². The summed E-state index contributed by atoms with van der Waals surface area (Å²) >= 11 is 0. The van der Waals surface area contributed by atoms with Gasteiger partial charge in [-0.15, -0.1) is 0 Å². The van der Waals surface area contributed by atoms with E-state index in [4.69, 9.17) is 4.74 Å². The first-order chi connectivity index (χ1) is 12.6. The predicted octanol–water partition coefficient (Wildman–Crippen LogP) is 3.12. The van der Waals surface area contributed by atoms with Gasteiger partial charge >= 0.3 is 0 Å². The molecule has 0 bridgehead atoms. The molecular formula is C18H16N4O4. The summed E-state index contributed by atoms with van der Waals surface area (Å²) in [5.41, 5.74) is 0.852. The van der Waals surface area contributed by atoms with Gasteiger partial charge in [0.05, 0.1) is 17.8 Å². The second-order valence-electron chi connectivity index (χ2n) is 5.43. The number of carbonyl (C=O) groups excluding carboxylic acids is 1. The number of anilines is 1. The number of rotatable bonds is 7. The molecule has 1 aromatic heterocycles. The van der Waals surface area contributed by atoms with Crippen LogP contribution < -0.4 is 10.1 Å². The molecule has 1 amide bonds. The molecular weight excluding hydrogens is 336 g/mol. The Kier molecular flexibility index (Phi) is 5.23. The number of benzene rings is 2. The van der Waals surface area contributed by atoms with Crippen LogP contribution in [0.5, 0.6) is 5.75 Å². The maximum Gasteiger partial charge on any atom is 0.269 e. The first-order valence-corrected chi connectivity index (χ1v) is 7.86. The zero-order valence-corrected chi connectivity index (χ0v) is 13.7. The maximum atomic E-state index is 12.2. The third-order valence-corrected chi connectivity index (χ3v) is 3.61. The average Bonchev–Trinajstić information content (AvgIpc) is 3.15. The molecule has 3 rings (SSSR count). The number of imidazole rings is 1. The SMILES string of the molecule is O=C(Nc1cccc(OCCn2ccnc2)c1)c1ccc([N+](=O)[O-])cc1. The first-order valence-electron chi connectivity index (χ1n) is 7.86. The quantitative estimate of drug-likeness (QED) is 0.520. The van der Waals surface area contributed by atoms with E-state index < -0.39 is 4.92 Å². The van der Waals surface area contributed by atoms with E-state index in [1.807, 2.05) is 10.8 Å². The summed E-state index contributed by atoms with van der Waals surface area (Å²) in [6.07, 6.45) is 5.27. The van der Waals surface area contributed by atoms with Gasteiger partial charge in [0.15, 0.2) is 0 Å². The Labute approximate surface area is 149 Å². The van der Waals surface area contributed by atoms with Crippen LogP contribution in [0.2, 0.25) is 0 Å². The van der Waals surface area contributed by atoms with Gasteiger partial charge in [-0.05, 0) is 24.3 Å². The molecule has 0 atom stereocenters. The fraction of sp³-hybridized carbons (Fsp3) is 0.111. The molecule has 8 nitrogen and oxygen atoms in total. The number of carbonyl (C=O) groups is 1. The summed E-state index contributed by atoms with van der Waals surface area (Å²) in [7, 11) is 0. The van der Waals surface area contributed by atoms with Gasteiger partial charge in [-0.2, -0.15) is 0 Å². The van der Waals surface area contributed by atoms with Crippen LogP contribution in [-0.2, 0) is 6.54 Å². The van der Waals surface area contributed by atoms with Crippen LogP contribution in [0.25, 0.3) is 0 Å². The number of nitrogens with one attached hydrogen (secondary N) is 1. The van der Waals surface area contributed by atoms with Crippen molar-refractivity contribution < 1.29 is 14.5 Å². The number of nitro benzene ring substituents is 1. The van der Waals surface area contributed by atoms with Crippen LogP contribution in [0, 0.1) is 10.1 Å². The molecule has 0 aliphatic heterocycles. The standard InChI is InChI=1S/C18H16N4O4/c23-18(14-4-6-16(7-5-14)22(24)25)20-15-2-1-3-17(12-15)26-11-10-21-9-8-19-13-21/h1-9,12-13H,10-11H2,(H,20,23). The Hall–Kier alpha value is -3.68. The molecule has 3 aromatic rings. The number of hydrogen-bond acceptors (Lipinski definition) is 5. The molecule has 0 saturated heterocycles. The number of nitro groups is 1. The summed E-state index contributed by atoms with van der Waals surface area (Å²) in [6.45, 7) is 1.13. The van der Waals surface area contributed by atoms with E-state index in [1.54, 1.807) is 36.8 Å². The Morgan fingerprint density at radius 1 is 1.23 bits per heavy atom. The van der Waals surface area contributed by atoms with E-state index in [0.29, 0.717) is 30.2 Å². The van der Waals surface area contributed by atoms with E-state index in [2.05, 4.69) is 10.3 Å². The lowest BCUT2D eigenvalue weighted by molar-refractivity contribution is -0.384. The van der Waals surface area contributed by atoms with Gasteiger partial charge in [-0.25, -0.2) is 4.98 Å². The smallest absolute Gasteiger partial charge is 0.269 e. The van der Waals surface area contributed by atoms with Crippen molar-refractivity contribution in [2.24, 2.45) is 0 Å². The maximum absolute atomic E-state index is 12.2. The van der Waals surface area contributed by atoms with Crippen molar-refractivity contribution in [3.8, 4) is 5.75 Å². The van der Waals surface area contributed by atoms with Crippen molar-refractivity contribution in [1.82, 2.24) is 9.55 Å². The van der Waals surface area contributed by atoms with Crippen molar-refractivity contribution in [3.05, 3.63) is 82.9 Å². The molecule has 0 unspecified atom stereocenters. The Balaban J connectivity index is 1.58. The van der Waals surface area contributed by atoms with Crippen molar-refractivity contribution in [2.45, 2.75) is 6.54 Å². The van der Waals surface area contributed by atoms with Crippen molar-refractivity contribution in [3.63, 3.8) is 0 Å². The molecule has 0 fully saturated rings. The number of aromatic nitrogens is 2. The van der Waals surface area contributed by atoms with Crippen LogP contribution in [0.15, 0.2) is 67.3 Å². The van der Waals surface area contributed by atoms with E-state index in [0.717, 1.165) is 0 Å². The molecule has 2 aromatic carbocycles. The van der Waals surface area contributed by atoms with Gasteiger partial charge in [-0.3, -0.25) is 14.9 Å². The molecule has 1 N–H and O–H groups in total. The summed E-state index contributed by atoms with van der Waals surface area (Å²) in [5, 5.41) is 13.4. The normalized spacial score (nSPS) is 10.3. The summed E-state index contributed by atoms with van der Waals surface area (Å²) < 4.78 is 7.58. The van der Waals surface area contributed by atoms with Crippen molar-refractivity contribution >= 4 is 17.3 Å². The fourth-order valence-corrected chi connectivity index (χ4v) is 2.29. The highest BCUT2D eigenvalue weighted by molar-refractivity contribution is 6.04. The monoisotopic (exact) mass is 352 g/mol. The largest absolute Gasteiger partial charge is 0.492 e. The summed E-state index contributed by atoms with van der Waals surface area (Å²) in [6, 6.07) is 12.5. The fourth-order valence-electron chi connectivity index (χ4n) is 2.29. The minimum Gasteiger partial charge on any atom is -0.492 e. The van der Waals surface area contributed by atoms with E-state index in [9.17, 15) is 14.9 Å². The predicted molar refractivity (Wildman–Crippen MR) is 95.2 cm³/mol. The topological polar surface area (TPSA) is 99.3 Å². The third-order valence-electron chi connectivity index (χ3n) is 3.61. The Morgan fingerprint density at radius 3 is 2.73 bits per heavy atom. The third kappa shape index (κ3) is 4.44. The second-order valence-corrected chi connectivity index (χ2v) is 5.43. The van der Waals surface area contributed by atoms with Gasteiger partial charge in [0.2, 0.25) is 0 Å². The highest BCUT2D eigenvalue weighted by atomic mass is 16.6. The van der Waals surface area contributed by atoms with E-state index >= 15 is 0 Å². The Morgan fingerprint density at radius 2 is 2.04 bits per heavy atom. The minimum absolute atomic E-state index is 0.0603. The number of amides is 1. The molecule has 0 radical (unpaired) electrons. The summed E-state index contributed by atoms with van der Waals surface area (Å²) in [5.74, 6) is 0.280. The Bertz CT molecular complexity index is 892. The highest BCUT2D eigenvalue weighted by Crippen LogP contribution is 2.19. The molecule has 0 aliphatic carbocycles. The van der Waals surface area contributed by atoms with Crippen molar-refractivity contribution in [2.75, 3.05) is 11.9 Å². The lowest BCUT2D eigenvalue weighted by atomic mass is 10.2.